The van der Waals surface area contributed by atoms with E-state index < -0.39 is 0 Å². The molecule has 1 N–H and O–H groups in total. The van der Waals surface area contributed by atoms with Crippen LogP contribution in [0.2, 0.25) is 0 Å². The Hall–Kier alpha value is -0.770. The van der Waals surface area contributed by atoms with Crippen molar-refractivity contribution in [3.05, 3.63) is 0 Å². The normalized spacial score (nSPS) is 16.7. The Bertz CT molecular complexity index is 191. The van der Waals surface area contributed by atoms with Gasteiger partial charge in [-0.1, -0.05) is 12.8 Å². The van der Waals surface area contributed by atoms with Gasteiger partial charge in [0, 0.05) is 20.1 Å². The van der Waals surface area contributed by atoms with E-state index in [1.165, 1.54) is 25.7 Å². The van der Waals surface area contributed by atoms with Crippen molar-refractivity contribution in [2.75, 3.05) is 26.7 Å². The monoisotopic (exact) mass is 214 g/mol. The predicted molar refractivity (Wildman–Crippen MR) is 59.9 cm³/mol. The van der Waals surface area contributed by atoms with Gasteiger partial charge in [-0.2, -0.15) is 0 Å². The number of amides is 2. The highest BCUT2D eigenvalue weighted by molar-refractivity contribution is 5.73. The topological polar surface area (TPSA) is 41.6 Å². The summed E-state index contributed by atoms with van der Waals surface area (Å²) < 4.78 is 5.63. The first kappa shape index (κ1) is 12.3. The number of urea groups is 1. The second-order valence-electron chi connectivity index (χ2n) is 4.02. The second kappa shape index (κ2) is 6.67. The van der Waals surface area contributed by atoms with Crippen LogP contribution < -0.4 is 5.32 Å². The Balaban J connectivity index is 1.98. The molecule has 1 rings (SSSR count). The van der Waals surface area contributed by atoms with Crippen LogP contribution in [0.4, 0.5) is 4.79 Å². The van der Waals surface area contributed by atoms with Crippen LogP contribution in [0.15, 0.2) is 0 Å². The maximum atomic E-state index is 11.3. The van der Waals surface area contributed by atoms with E-state index in [-0.39, 0.29) is 6.03 Å². The van der Waals surface area contributed by atoms with Crippen molar-refractivity contribution in [1.82, 2.24) is 10.2 Å². The van der Waals surface area contributed by atoms with Gasteiger partial charge in [0.2, 0.25) is 0 Å². The van der Waals surface area contributed by atoms with E-state index in [1.54, 1.807) is 11.9 Å². The molecule has 2 amide bonds. The number of hydrogen-bond donors (Lipinski definition) is 1. The number of carbonyl (C=O) groups is 1. The van der Waals surface area contributed by atoms with Gasteiger partial charge in [0.15, 0.2) is 0 Å². The smallest absolute Gasteiger partial charge is 0.317 e. The Morgan fingerprint density at radius 3 is 2.73 bits per heavy atom. The third-order valence-corrected chi connectivity index (χ3v) is 2.86. The van der Waals surface area contributed by atoms with Gasteiger partial charge >= 0.3 is 6.03 Å². The van der Waals surface area contributed by atoms with Gasteiger partial charge in [-0.15, -0.1) is 0 Å². The van der Waals surface area contributed by atoms with E-state index in [0.29, 0.717) is 19.3 Å². The van der Waals surface area contributed by atoms with E-state index >= 15 is 0 Å². The SMILES string of the molecule is CCN(C)C(=O)NCCOC1CCCC1. The van der Waals surface area contributed by atoms with Crippen molar-refractivity contribution in [1.29, 1.82) is 0 Å². The molecular formula is C11H22N2O2. The van der Waals surface area contributed by atoms with Gasteiger partial charge < -0.3 is 15.0 Å². The molecule has 0 aromatic carbocycles. The second-order valence-corrected chi connectivity index (χ2v) is 4.02. The predicted octanol–water partition coefficient (Wildman–Crippen LogP) is 1.61. The van der Waals surface area contributed by atoms with Crippen LogP contribution in [-0.4, -0.2) is 43.8 Å². The molecule has 4 nitrogen and oxygen atoms in total. The molecule has 1 aliphatic rings. The Labute approximate surface area is 92.0 Å². The molecule has 1 fully saturated rings. The summed E-state index contributed by atoms with van der Waals surface area (Å²) in [4.78, 5) is 13.0. The zero-order valence-electron chi connectivity index (χ0n) is 9.79. The molecule has 15 heavy (non-hydrogen) atoms. The molecular weight excluding hydrogens is 192 g/mol. The lowest BCUT2D eigenvalue weighted by atomic mass is 10.3. The Kier molecular flexibility index (Phi) is 5.47. The van der Waals surface area contributed by atoms with Gasteiger partial charge in [-0.25, -0.2) is 4.79 Å². The van der Waals surface area contributed by atoms with Crippen LogP contribution in [0.5, 0.6) is 0 Å². The first-order valence-corrected chi connectivity index (χ1v) is 5.84. The molecule has 0 aromatic rings. The van der Waals surface area contributed by atoms with Crippen LogP contribution in [0, 0.1) is 0 Å². The van der Waals surface area contributed by atoms with Crippen molar-refractivity contribution < 1.29 is 9.53 Å². The van der Waals surface area contributed by atoms with Crippen LogP contribution in [0.3, 0.4) is 0 Å². The lowest BCUT2D eigenvalue weighted by Gasteiger charge is -2.16. The van der Waals surface area contributed by atoms with Crippen LogP contribution in [0.1, 0.15) is 32.6 Å². The fourth-order valence-corrected chi connectivity index (χ4v) is 1.72. The number of rotatable bonds is 5. The molecule has 0 unspecified atom stereocenters. The van der Waals surface area contributed by atoms with Crippen molar-refractivity contribution in [2.24, 2.45) is 0 Å². The maximum Gasteiger partial charge on any atom is 0.317 e. The molecule has 0 spiro atoms. The molecule has 1 aliphatic carbocycles. The van der Waals surface area contributed by atoms with Crippen molar-refractivity contribution in [3.63, 3.8) is 0 Å². The highest BCUT2D eigenvalue weighted by Gasteiger charge is 2.14. The molecule has 0 atom stereocenters. The zero-order chi connectivity index (χ0) is 11.1. The standard InChI is InChI=1S/C11H22N2O2/c1-3-13(2)11(14)12-8-9-15-10-6-4-5-7-10/h10H,3-9H2,1-2H3,(H,12,14). The average molecular weight is 214 g/mol. The van der Waals surface area contributed by atoms with Gasteiger partial charge in [0.05, 0.1) is 12.7 Å². The van der Waals surface area contributed by atoms with Crippen LogP contribution in [0.25, 0.3) is 0 Å². The number of nitrogens with one attached hydrogen (secondary N) is 1. The highest BCUT2D eigenvalue weighted by Crippen LogP contribution is 2.20. The molecule has 4 heteroatoms. The zero-order valence-corrected chi connectivity index (χ0v) is 9.79. The van der Waals surface area contributed by atoms with Crippen LogP contribution in [-0.2, 0) is 4.74 Å². The average Bonchev–Trinajstić information content (AvgIpc) is 2.75. The third kappa shape index (κ3) is 4.51. The van der Waals surface area contributed by atoms with E-state index in [1.807, 2.05) is 6.92 Å². The van der Waals surface area contributed by atoms with Gasteiger partial charge in [0.25, 0.3) is 0 Å². The Morgan fingerprint density at radius 2 is 2.13 bits per heavy atom. The molecule has 0 aromatic heterocycles. The Morgan fingerprint density at radius 1 is 1.47 bits per heavy atom. The van der Waals surface area contributed by atoms with E-state index in [4.69, 9.17) is 4.74 Å². The summed E-state index contributed by atoms with van der Waals surface area (Å²) in [6, 6.07) is -0.0208. The number of nitrogens with zero attached hydrogens (tertiary/aromatic N) is 1. The van der Waals surface area contributed by atoms with Crippen molar-refractivity contribution in [2.45, 2.75) is 38.7 Å². The summed E-state index contributed by atoms with van der Waals surface area (Å²) in [7, 11) is 1.78. The van der Waals surface area contributed by atoms with E-state index in [2.05, 4.69) is 5.32 Å². The van der Waals surface area contributed by atoms with Gasteiger partial charge in [-0.3, -0.25) is 0 Å². The summed E-state index contributed by atoms with van der Waals surface area (Å²) in [5.41, 5.74) is 0. The summed E-state index contributed by atoms with van der Waals surface area (Å²) >= 11 is 0. The number of hydrogen-bond acceptors (Lipinski definition) is 2. The largest absolute Gasteiger partial charge is 0.376 e. The fourth-order valence-electron chi connectivity index (χ4n) is 1.72. The first-order chi connectivity index (χ1) is 7.24. The molecule has 0 heterocycles. The summed E-state index contributed by atoms with van der Waals surface area (Å²) in [6.07, 6.45) is 5.38. The number of ether oxygens (including phenoxy) is 1. The van der Waals surface area contributed by atoms with Crippen LogP contribution >= 0.6 is 0 Å². The molecule has 0 bridgehead atoms. The van der Waals surface area contributed by atoms with Gasteiger partial charge in [-0.05, 0) is 19.8 Å². The molecule has 0 radical (unpaired) electrons. The lowest BCUT2D eigenvalue weighted by Crippen LogP contribution is -2.38. The van der Waals surface area contributed by atoms with E-state index in [0.717, 1.165) is 6.54 Å². The number of carbonyl (C=O) groups excluding carboxylic acids is 1. The first-order valence-electron chi connectivity index (χ1n) is 5.84. The maximum absolute atomic E-state index is 11.3. The highest BCUT2D eigenvalue weighted by atomic mass is 16.5. The fraction of sp³-hybridized carbons (Fsp3) is 0.909. The van der Waals surface area contributed by atoms with Crippen molar-refractivity contribution in [3.8, 4) is 0 Å². The minimum absolute atomic E-state index is 0.0208. The molecule has 0 saturated heterocycles. The lowest BCUT2D eigenvalue weighted by molar-refractivity contribution is 0.0608. The quantitative estimate of drug-likeness (QED) is 0.706. The van der Waals surface area contributed by atoms with Gasteiger partial charge in [0.1, 0.15) is 0 Å². The summed E-state index contributed by atoms with van der Waals surface area (Å²) in [5.74, 6) is 0. The summed E-state index contributed by atoms with van der Waals surface area (Å²) in [6.45, 7) is 3.93. The molecule has 1 saturated carbocycles. The minimum atomic E-state index is -0.0208. The summed E-state index contributed by atoms with van der Waals surface area (Å²) in [5, 5.41) is 2.82. The molecule has 0 aliphatic heterocycles. The minimum Gasteiger partial charge on any atom is -0.376 e. The van der Waals surface area contributed by atoms with Crippen molar-refractivity contribution >= 4 is 6.03 Å². The third-order valence-electron chi connectivity index (χ3n) is 2.86. The van der Waals surface area contributed by atoms with E-state index in [9.17, 15) is 4.79 Å². The molecule has 88 valence electrons.